The first-order valence-electron chi connectivity index (χ1n) is 7.72. The first-order valence-corrected chi connectivity index (χ1v) is 10.0. The molecule has 0 radical (unpaired) electrons. The van der Waals surface area contributed by atoms with Crippen LogP contribution < -0.4 is 9.47 Å². The summed E-state index contributed by atoms with van der Waals surface area (Å²) in [5.41, 5.74) is -0.0908. The Bertz CT molecular complexity index is 892. The lowest BCUT2D eigenvalue weighted by atomic mass is 10.2. The van der Waals surface area contributed by atoms with Crippen molar-refractivity contribution in [2.75, 3.05) is 13.7 Å². The quantitative estimate of drug-likeness (QED) is 0.276. The minimum atomic E-state index is -3.85. The van der Waals surface area contributed by atoms with Gasteiger partial charge in [-0.15, -0.1) is 11.3 Å². The van der Waals surface area contributed by atoms with Crippen LogP contribution in [0.3, 0.4) is 0 Å². The summed E-state index contributed by atoms with van der Waals surface area (Å²) in [6.07, 6.45) is 2.67. The average molecular weight is 398 g/mol. The normalized spacial score (nSPS) is 11.6. The van der Waals surface area contributed by atoms with Crippen molar-refractivity contribution in [3.63, 3.8) is 0 Å². The van der Waals surface area contributed by atoms with Crippen LogP contribution in [0.2, 0.25) is 0 Å². The largest absolute Gasteiger partial charge is 0.493 e. The third-order valence-electron chi connectivity index (χ3n) is 3.31. The highest BCUT2D eigenvalue weighted by Crippen LogP contribution is 2.38. The molecule has 140 valence electrons. The molecule has 0 aliphatic rings. The van der Waals surface area contributed by atoms with Gasteiger partial charge >= 0.3 is 5.69 Å². The summed E-state index contributed by atoms with van der Waals surface area (Å²) in [6, 6.07) is 5.69. The van der Waals surface area contributed by atoms with Gasteiger partial charge in [0.25, 0.3) is 10.0 Å². The fourth-order valence-electron chi connectivity index (χ4n) is 2.03. The summed E-state index contributed by atoms with van der Waals surface area (Å²) < 4.78 is 38.6. The van der Waals surface area contributed by atoms with Gasteiger partial charge in [-0.2, -0.15) is 12.8 Å². The molecule has 0 aliphatic carbocycles. The molecule has 0 spiro atoms. The van der Waals surface area contributed by atoms with Gasteiger partial charge in [-0.1, -0.05) is 19.4 Å². The first-order chi connectivity index (χ1) is 12.4. The molecule has 1 heterocycles. The van der Waals surface area contributed by atoms with E-state index in [1.165, 1.54) is 25.3 Å². The van der Waals surface area contributed by atoms with E-state index < -0.39 is 14.9 Å². The predicted octanol–water partition coefficient (Wildman–Crippen LogP) is 3.65. The second kappa shape index (κ2) is 8.77. The van der Waals surface area contributed by atoms with Crippen molar-refractivity contribution in [3.05, 3.63) is 45.3 Å². The molecule has 0 saturated heterocycles. The van der Waals surface area contributed by atoms with Crippen molar-refractivity contribution in [3.8, 4) is 11.5 Å². The van der Waals surface area contributed by atoms with Gasteiger partial charge in [0.2, 0.25) is 5.75 Å². The molecular formula is C16H18N2O6S2. The number of thiophene rings is 1. The number of ether oxygens (including phenoxy) is 2. The van der Waals surface area contributed by atoms with Crippen LogP contribution in [-0.4, -0.2) is 33.3 Å². The van der Waals surface area contributed by atoms with Crippen LogP contribution in [0.15, 0.2) is 38.3 Å². The monoisotopic (exact) mass is 398 g/mol. The molecule has 26 heavy (non-hydrogen) atoms. The average Bonchev–Trinajstić information content (AvgIpc) is 3.16. The summed E-state index contributed by atoms with van der Waals surface area (Å²) in [7, 11) is -2.49. The van der Waals surface area contributed by atoms with Crippen LogP contribution in [0, 0.1) is 10.1 Å². The molecule has 0 N–H and O–H groups in total. The van der Waals surface area contributed by atoms with Gasteiger partial charge in [0.1, 0.15) is 4.21 Å². The molecule has 2 aromatic rings. The fourth-order valence-corrected chi connectivity index (χ4v) is 3.87. The van der Waals surface area contributed by atoms with E-state index in [-0.39, 0.29) is 27.0 Å². The molecule has 0 bridgehead atoms. The highest BCUT2D eigenvalue weighted by atomic mass is 32.2. The summed E-state index contributed by atoms with van der Waals surface area (Å²) in [5.74, 6) is 0.162. The van der Waals surface area contributed by atoms with E-state index >= 15 is 0 Å². The van der Waals surface area contributed by atoms with Crippen LogP contribution in [0.5, 0.6) is 11.5 Å². The van der Waals surface area contributed by atoms with E-state index in [9.17, 15) is 18.5 Å². The van der Waals surface area contributed by atoms with Crippen molar-refractivity contribution >= 4 is 33.3 Å². The fraction of sp³-hybridized carbons (Fsp3) is 0.312. The van der Waals surface area contributed by atoms with Crippen molar-refractivity contribution in [1.29, 1.82) is 0 Å². The van der Waals surface area contributed by atoms with Crippen molar-refractivity contribution in [2.24, 2.45) is 4.40 Å². The maximum absolute atomic E-state index is 12.1. The van der Waals surface area contributed by atoms with Gasteiger partial charge in [-0.25, -0.2) is 0 Å². The number of methoxy groups -OCH3 is 1. The highest BCUT2D eigenvalue weighted by Gasteiger charge is 2.22. The molecule has 0 aliphatic heterocycles. The third-order valence-corrected chi connectivity index (χ3v) is 5.92. The van der Waals surface area contributed by atoms with Crippen molar-refractivity contribution in [2.45, 2.75) is 24.0 Å². The van der Waals surface area contributed by atoms with Gasteiger partial charge in [0.05, 0.1) is 18.6 Å². The number of nitro benzene ring substituents is 1. The van der Waals surface area contributed by atoms with E-state index in [4.69, 9.17) is 9.47 Å². The molecule has 8 nitrogen and oxygen atoms in total. The Balaban J connectivity index is 2.39. The van der Waals surface area contributed by atoms with E-state index in [2.05, 4.69) is 4.40 Å². The van der Waals surface area contributed by atoms with Gasteiger partial charge in [-0.05, 0) is 23.9 Å². The summed E-state index contributed by atoms with van der Waals surface area (Å²) in [6.45, 7) is 2.29. The zero-order valence-electron chi connectivity index (χ0n) is 14.2. The van der Waals surface area contributed by atoms with E-state index in [1.807, 2.05) is 6.92 Å². The van der Waals surface area contributed by atoms with Crippen LogP contribution in [0.1, 0.15) is 25.3 Å². The third kappa shape index (κ3) is 4.79. The predicted molar refractivity (Wildman–Crippen MR) is 99.2 cm³/mol. The second-order valence-corrected chi connectivity index (χ2v) is 7.98. The Labute approximate surface area is 155 Å². The molecule has 0 amide bonds. The van der Waals surface area contributed by atoms with E-state index in [0.29, 0.717) is 6.61 Å². The Morgan fingerprint density at radius 1 is 1.38 bits per heavy atom. The SMILES string of the molecule is CCCCOc1c(OC)cc(/C=N\S(=O)(=O)c2cccs2)cc1[N+](=O)[O-]. The molecule has 0 atom stereocenters. The number of nitro groups is 1. The van der Waals surface area contributed by atoms with Gasteiger partial charge in [0, 0.05) is 17.8 Å². The lowest BCUT2D eigenvalue weighted by Gasteiger charge is -2.11. The lowest BCUT2D eigenvalue weighted by Crippen LogP contribution is -2.04. The molecular weight excluding hydrogens is 380 g/mol. The smallest absolute Gasteiger partial charge is 0.315 e. The summed E-state index contributed by atoms with van der Waals surface area (Å²) in [4.78, 5) is 10.8. The highest BCUT2D eigenvalue weighted by molar-refractivity contribution is 7.92. The Kier molecular flexibility index (Phi) is 6.70. The maximum Gasteiger partial charge on any atom is 0.315 e. The molecule has 2 rings (SSSR count). The maximum atomic E-state index is 12.1. The van der Waals surface area contributed by atoms with Gasteiger partial charge < -0.3 is 9.47 Å². The second-order valence-electron chi connectivity index (χ2n) is 5.17. The van der Waals surface area contributed by atoms with Crippen molar-refractivity contribution in [1.82, 2.24) is 0 Å². The lowest BCUT2D eigenvalue weighted by molar-refractivity contribution is -0.386. The summed E-state index contributed by atoms with van der Waals surface area (Å²) in [5, 5.41) is 13.0. The number of rotatable bonds is 9. The minimum Gasteiger partial charge on any atom is -0.493 e. The van der Waals surface area contributed by atoms with Crippen molar-refractivity contribution < 1.29 is 22.8 Å². The number of nitrogens with zero attached hydrogens (tertiary/aromatic N) is 2. The number of unbranched alkanes of at least 4 members (excludes halogenated alkanes) is 1. The van der Waals surface area contributed by atoms with Crippen LogP contribution in [-0.2, 0) is 10.0 Å². The molecule has 1 aromatic heterocycles. The molecule has 1 aromatic carbocycles. The first kappa shape index (κ1) is 19.9. The van der Waals surface area contributed by atoms with Gasteiger partial charge in [0.15, 0.2) is 5.75 Å². The van der Waals surface area contributed by atoms with E-state index in [1.54, 1.807) is 11.4 Å². The minimum absolute atomic E-state index is 0.0178. The van der Waals surface area contributed by atoms with Crippen LogP contribution in [0.4, 0.5) is 5.69 Å². The molecule has 0 saturated carbocycles. The molecule has 10 heteroatoms. The van der Waals surface area contributed by atoms with Crippen LogP contribution >= 0.6 is 11.3 Å². The van der Waals surface area contributed by atoms with Crippen LogP contribution in [0.25, 0.3) is 0 Å². The topological polar surface area (TPSA) is 108 Å². The van der Waals surface area contributed by atoms with E-state index in [0.717, 1.165) is 30.4 Å². The zero-order valence-corrected chi connectivity index (χ0v) is 15.9. The Hall–Kier alpha value is -2.46. The standard InChI is InChI=1S/C16H18N2O6S2/c1-3-4-7-24-16-13(18(19)20)9-12(10-14(16)23-2)11-17-26(21,22)15-6-5-8-25-15/h5-6,8-11H,3-4,7H2,1-2H3/b17-11-. The van der Waals surface area contributed by atoms with Gasteiger partial charge in [-0.3, -0.25) is 10.1 Å². The molecule has 0 unspecified atom stereocenters. The number of sulfonamides is 1. The Morgan fingerprint density at radius 3 is 2.73 bits per heavy atom. The molecule has 0 fully saturated rings. The summed E-state index contributed by atoms with van der Waals surface area (Å²) >= 11 is 1.04. The number of hydrogen-bond acceptors (Lipinski definition) is 7. The zero-order chi connectivity index (χ0) is 19.2. The number of hydrogen-bond donors (Lipinski definition) is 0. The number of benzene rings is 1. The Morgan fingerprint density at radius 2 is 2.15 bits per heavy atom.